The highest BCUT2D eigenvalue weighted by molar-refractivity contribution is 7.89. The first-order valence-corrected chi connectivity index (χ1v) is 9.77. The summed E-state index contributed by atoms with van der Waals surface area (Å²) in [5, 5.41) is 2.70. The number of ketones is 1. The van der Waals surface area contributed by atoms with Crippen molar-refractivity contribution >= 4 is 27.4 Å². The summed E-state index contributed by atoms with van der Waals surface area (Å²) in [6.45, 7) is 1.61. The molecule has 27 heavy (non-hydrogen) atoms. The van der Waals surface area contributed by atoms with Crippen LogP contribution in [0.4, 0.5) is 10.1 Å². The first-order valence-electron chi connectivity index (χ1n) is 8.33. The Labute approximate surface area is 158 Å². The first kappa shape index (κ1) is 20.7. The van der Waals surface area contributed by atoms with E-state index in [2.05, 4.69) is 5.32 Å². The molecule has 0 aromatic heterocycles. The summed E-state index contributed by atoms with van der Waals surface area (Å²) >= 11 is 0. The molecule has 8 heteroatoms. The largest absolute Gasteiger partial charge is 0.326 e. The molecule has 0 bridgehead atoms. The fourth-order valence-corrected chi connectivity index (χ4v) is 3.59. The first-order chi connectivity index (χ1) is 12.7. The van der Waals surface area contributed by atoms with Crippen LogP contribution in [0.2, 0.25) is 0 Å². The van der Waals surface area contributed by atoms with Gasteiger partial charge in [-0.15, -0.1) is 0 Å². The van der Waals surface area contributed by atoms with E-state index in [0.29, 0.717) is 17.7 Å². The molecule has 0 aliphatic rings. The number of benzene rings is 2. The van der Waals surface area contributed by atoms with Crippen molar-refractivity contribution < 1.29 is 22.4 Å². The number of nitrogens with one attached hydrogen (secondary N) is 1. The summed E-state index contributed by atoms with van der Waals surface area (Å²) in [5.74, 6) is -0.818. The molecule has 0 atom stereocenters. The molecule has 0 aliphatic heterocycles. The van der Waals surface area contributed by atoms with E-state index in [-0.39, 0.29) is 29.6 Å². The van der Waals surface area contributed by atoms with E-state index < -0.39 is 15.8 Å². The molecule has 0 saturated carbocycles. The number of nitrogens with zero attached hydrogens (tertiary/aromatic N) is 1. The monoisotopic (exact) mass is 392 g/mol. The van der Waals surface area contributed by atoms with Gasteiger partial charge in [0, 0.05) is 31.3 Å². The van der Waals surface area contributed by atoms with Crippen LogP contribution in [0.25, 0.3) is 0 Å². The van der Waals surface area contributed by atoms with Gasteiger partial charge < -0.3 is 5.32 Å². The highest BCUT2D eigenvalue weighted by atomic mass is 32.2. The van der Waals surface area contributed by atoms with Crippen molar-refractivity contribution in [3.8, 4) is 0 Å². The van der Waals surface area contributed by atoms with E-state index in [1.807, 2.05) is 0 Å². The molecule has 6 nitrogen and oxygen atoms in total. The molecule has 2 aromatic rings. The maximum atomic E-state index is 12.9. The molecular formula is C19H21FN2O4S. The molecule has 0 fully saturated rings. The molecule has 0 spiro atoms. The number of carbonyl (C=O) groups excluding carboxylic acids is 2. The smallest absolute Gasteiger partial charge is 0.242 e. The summed E-state index contributed by atoms with van der Waals surface area (Å²) in [7, 11) is -2.31. The number of halogens is 1. The second kappa shape index (κ2) is 8.88. The number of sulfonamides is 1. The van der Waals surface area contributed by atoms with Crippen LogP contribution < -0.4 is 5.32 Å². The van der Waals surface area contributed by atoms with Crippen LogP contribution in [0.15, 0.2) is 53.4 Å². The molecule has 1 amide bonds. The minimum absolute atomic E-state index is 0.00131. The Kier molecular flexibility index (Phi) is 6.81. The van der Waals surface area contributed by atoms with E-state index in [1.54, 1.807) is 24.3 Å². The van der Waals surface area contributed by atoms with Gasteiger partial charge in [0.05, 0.1) is 4.90 Å². The van der Waals surface area contributed by atoms with E-state index in [4.69, 9.17) is 0 Å². The van der Waals surface area contributed by atoms with E-state index in [9.17, 15) is 22.4 Å². The molecule has 0 aliphatic carbocycles. The Balaban J connectivity index is 1.84. The number of anilines is 1. The van der Waals surface area contributed by atoms with Crippen LogP contribution in [0.5, 0.6) is 0 Å². The fraction of sp³-hybridized carbons (Fsp3) is 0.263. The number of hydrogen-bond donors (Lipinski definition) is 1. The molecule has 144 valence electrons. The summed E-state index contributed by atoms with van der Waals surface area (Å²) in [6.07, 6.45) is 0.464. The zero-order valence-electron chi connectivity index (χ0n) is 15.1. The van der Waals surface area contributed by atoms with Gasteiger partial charge in [0.15, 0.2) is 5.78 Å². The molecule has 2 aromatic carbocycles. The fourth-order valence-electron chi connectivity index (χ4n) is 2.38. The Hall–Kier alpha value is -2.58. The number of Topliss-reactive ketones (excluding diaryl/α,β-unsaturated/α-hetero) is 1. The lowest BCUT2D eigenvalue weighted by atomic mass is 10.1. The Morgan fingerprint density at radius 3 is 2.19 bits per heavy atom. The third kappa shape index (κ3) is 5.70. The second-order valence-electron chi connectivity index (χ2n) is 6.07. The lowest BCUT2D eigenvalue weighted by Crippen LogP contribution is -2.28. The molecule has 0 heterocycles. The lowest BCUT2D eigenvalue weighted by Gasteiger charge is -2.17. The van der Waals surface area contributed by atoms with E-state index >= 15 is 0 Å². The van der Waals surface area contributed by atoms with Crippen LogP contribution >= 0.6 is 0 Å². The molecular weight excluding hydrogens is 371 g/mol. The summed E-state index contributed by atoms with van der Waals surface area (Å²) in [4.78, 5) is 23.2. The molecule has 0 unspecified atom stereocenters. The molecule has 0 radical (unpaired) electrons. The highest BCUT2D eigenvalue weighted by Gasteiger charge is 2.20. The van der Waals surface area contributed by atoms with Crippen molar-refractivity contribution in [3.63, 3.8) is 0 Å². The third-order valence-electron chi connectivity index (χ3n) is 3.97. The lowest BCUT2D eigenvalue weighted by molar-refractivity contribution is -0.116. The topological polar surface area (TPSA) is 83.6 Å². The van der Waals surface area contributed by atoms with Crippen LogP contribution in [-0.2, 0) is 14.8 Å². The zero-order chi connectivity index (χ0) is 20.0. The van der Waals surface area contributed by atoms with Gasteiger partial charge in [-0.25, -0.2) is 17.1 Å². The van der Waals surface area contributed by atoms with Gasteiger partial charge >= 0.3 is 0 Å². The van der Waals surface area contributed by atoms with Crippen molar-refractivity contribution in [1.82, 2.24) is 4.31 Å². The molecule has 0 saturated heterocycles. The maximum Gasteiger partial charge on any atom is 0.242 e. The Morgan fingerprint density at radius 2 is 1.63 bits per heavy atom. The Bertz CT molecular complexity index is 910. The van der Waals surface area contributed by atoms with Gasteiger partial charge in [0.1, 0.15) is 5.82 Å². The number of amides is 1. The summed E-state index contributed by atoms with van der Waals surface area (Å²) in [6, 6.07) is 11.1. The highest BCUT2D eigenvalue weighted by Crippen LogP contribution is 2.16. The zero-order valence-corrected chi connectivity index (χ0v) is 15.9. The minimum atomic E-state index is -3.72. The normalized spacial score (nSPS) is 11.4. The summed E-state index contributed by atoms with van der Waals surface area (Å²) in [5.41, 5.74) is 1.12. The molecule has 1 N–H and O–H groups in total. The van der Waals surface area contributed by atoms with Crippen LogP contribution in [0, 0.1) is 5.82 Å². The summed E-state index contributed by atoms with van der Waals surface area (Å²) < 4.78 is 38.8. The van der Waals surface area contributed by atoms with E-state index in [0.717, 1.165) is 16.4 Å². The van der Waals surface area contributed by atoms with Gasteiger partial charge in [0.25, 0.3) is 0 Å². The third-order valence-corrected chi connectivity index (χ3v) is 5.84. The quantitative estimate of drug-likeness (QED) is 0.700. The SMILES string of the molecule is CC(=O)c1ccc(NC(=O)CCCN(C)S(=O)(=O)c2ccc(F)cc2)cc1. The van der Waals surface area contributed by atoms with Crippen molar-refractivity contribution in [3.05, 3.63) is 59.9 Å². The van der Waals surface area contributed by atoms with Gasteiger partial charge in [0.2, 0.25) is 15.9 Å². The van der Waals surface area contributed by atoms with Gasteiger partial charge in [-0.3, -0.25) is 9.59 Å². The number of rotatable bonds is 8. The second-order valence-corrected chi connectivity index (χ2v) is 8.11. The van der Waals surface area contributed by atoms with Crippen molar-refractivity contribution in [2.24, 2.45) is 0 Å². The number of carbonyl (C=O) groups is 2. The van der Waals surface area contributed by atoms with Gasteiger partial charge in [-0.2, -0.15) is 0 Å². The van der Waals surface area contributed by atoms with Crippen LogP contribution in [-0.4, -0.2) is 38.0 Å². The number of hydrogen-bond acceptors (Lipinski definition) is 4. The predicted octanol–water partition coefficient (Wildman–Crippen LogP) is 3.07. The van der Waals surface area contributed by atoms with Crippen molar-refractivity contribution in [1.29, 1.82) is 0 Å². The van der Waals surface area contributed by atoms with Crippen molar-refractivity contribution in [2.45, 2.75) is 24.7 Å². The van der Waals surface area contributed by atoms with Gasteiger partial charge in [-0.05, 0) is 61.9 Å². The molecule has 2 rings (SSSR count). The standard InChI is InChI=1S/C19H21FN2O4S/c1-14(23)15-5-9-17(10-6-15)21-19(24)4-3-13-22(2)27(25,26)18-11-7-16(20)8-12-18/h5-12H,3-4,13H2,1-2H3,(H,21,24). The van der Waals surface area contributed by atoms with Gasteiger partial charge in [-0.1, -0.05) is 0 Å². The van der Waals surface area contributed by atoms with Crippen LogP contribution in [0.3, 0.4) is 0 Å². The van der Waals surface area contributed by atoms with Crippen LogP contribution in [0.1, 0.15) is 30.1 Å². The van der Waals surface area contributed by atoms with E-state index in [1.165, 1.54) is 26.1 Å². The average Bonchev–Trinajstić information content (AvgIpc) is 2.62. The Morgan fingerprint density at radius 1 is 1.04 bits per heavy atom. The van der Waals surface area contributed by atoms with Crippen molar-refractivity contribution in [2.75, 3.05) is 18.9 Å². The minimum Gasteiger partial charge on any atom is -0.326 e. The average molecular weight is 392 g/mol. The maximum absolute atomic E-state index is 12.9. The predicted molar refractivity (Wildman–Crippen MR) is 101 cm³/mol.